The number of fused-ring (bicyclic) bond motifs is 3. The fraction of sp³-hybridized carbons (Fsp3) is 0.833. The number of hydrogen-bond acceptors (Lipinski definition) is 8. The van der Waals surface area contributed by atoms with Gasteiger partial charge in [-0.1, -0.05) is 60.1 Å². The smallest absolute Gasteiger partial charge is 0.325 e. The molecule has 1 saturated heterocycles. The molecule has 3 saturated carbocycles. The summed E-state index contributed by atoms with van der Waals surface area (Å²) in [6.07, 6.45) is 5.62. The van der Waals surface area contributed by atoms with Crippen molar-refractivity contribution in [1.29, 1.82) is 0 Å². The first kappa shape index (κ1) is 34.9. The van der Waals surface area contributed by atoms with E-state index in [1.807, 2.05) is 0 Å². The van der Waals surface area contributed by atoms with Crippen LogP contribution in [0.4, 0.5) is 0 Å². The summed E-state index contributed by atoms with van der Waals surface area (Å²) in [7, 11) is 0. The summed E-state index contributed by atoms with van der Waals surface area (Å²) in [5.41, 5.74) is 4.61. The van der Waals surface area contributed by atoms with Crippen LogP contribution in [0.3, 0.4) is 0 Å². The Balaban J connectivity index is 1.55. The highest BCUT2D eigenvalue weighted by Crippen LogP contribution is 2.75. The van der Waals surface area contributed by atoms with E-state index < -0.39 is 58.2 Å². The zero-order valence-electron chi connectivity index (χ0n) is 29.1. The first-order chi connectivity index (χ1) is 21.4. The van der Waals surface area contributed by atoms with Crippen molar-refractivity contribution in [1.82, 2.24) is 5.32 Å². The maximum atomic E-state index is 13.3. The van der Waals surface area contributed by atoms with Gasteiger partial charge in [0.15, 0.2) is 0 Å². The normalized spacial score (nSPS) is 43.6. The third-order valence-corrected chi connectivity index (χ3v) is 14.3. The van der Waals surface area contributed by atoms with E-state index in [-0.39, 0.29) is 41.7 Å². The topological polar surface area (TPSA) is 154 Å². The highest BCUT2D eigenvalue weighted by atomic mass is 16.6. The lowest BCUT2D eigenvalue weighted by Crippen LogP contribution is -2.70. The van der Waals surface area contributed by atoms with Crippen LogP contribution in [0.15, 0.2) is 11.6 Å². The van der Waals surface area contributed by atoms with Crippen molar-refractivity contribution in [3.05, 3.63) is 11.6 Å². The Bertz CT molecular complexity index is 1300. The number of nitrogens with two attached hydrogens (primary N) is 1. The number of esters is 2. The van der Waals surface area contributed by atoms with Crippen molar-refractivity contribution in [2.45, 2.75) is 106 Å². The van der Waals surface area contributed by atoms with Crippen molar-refractivity contribution < 1.29 is 38.5 Å². The second kappa shape index (κ2) is 11.9. The number of aliphatic carboxylic acids is 1. The van der Waals surface area contributed by atoms with Crippen LogP contribution in [0.5, 0.6) is 0 Å². The highest BCUT2D eigenvalue weighted by Gasteiger charge is 2.72. The zero-order chi connectivity index (χ0) is 34.0. The molecule has 10 nitrogen and oxygen atoms in total. The first-order valence-corrected chi connectivity index (χ1v) is 17.3. The monoisotopic (exact) mass is 644 g/mol. The van der Waals surface area contributed by atoms with Crippen LogP contribution in [0, 0.1) is 56.7 Å². The van der Waals surface area contributed by atoms with Gasteiger partial charge < -0.3 is 30.4 Å². The van der Waals surface area contributed by atoms with Crippen LogP contribution in [0.25, 0.3) is 0 Å². The maximum Gasteiger partial charge on any atom is 0.325 e. The van der Waals surface area contributed by atoms with Crippen LogP contribution in [-0.2, 0) is 33.4 Å². The van der Waals surface area contributed by atoms with E-state index in [0.717, 1.165) is 25.7 Å². The van der Waals surface area contributed by atoms with Gasteiger partial charge in [-0.05, 0) is 78.4 Å². The minimum Gasteiger partial charge on any atom is -0.481 e. The predicted molar refractivity (Wildman–Crippen MR) is 171 cm³/mol. The summed E-state index contributed by atoms with van der Waals surface area (Å²) in [6, 6.07) is 0. The third kappa shape index (κ3) is 5.03. The van der Waals surface area contributed by atoms with E-state index in [0.29, 0.717) is 32.0 Å². The fourth-order valence-electron chi connectivity index (χ4n) is 11.5. The lowest BCUT2D eigenvalue weighted by Gasteiger charge is -2.71. The van der Waals surface area contributed by atoms with Gasteiger partial charge in [0, 0.05) is 17.8 Å². The number of allylic oxidation sites excluding steroid dienone is 1. The number of hydrogen-bond donors (Lipinski definition) is 3. The van der Waals surface area contributed by atoms with Gasteiger partial charge in [0.2, 0.25) is 5.91 Å². The van der Waals surface area contributed by atoms with Gasteiger partial charge in [-0.2, -0.15) is 0 Å². The standard InChI is InChI=1S/C36H56N2O8/c1-20(2)21(3)32(5)13-14-34(7)23-9-10-26-33(6)18-44-19-36(26,24(23)11-12-35(34,8)29(32)31(42)43)15-25(45-22(4)39)30(33)46-28(41)17-38-27(40)16-37/h11,20-21,23,25-26,29-30H,9-10,12-19,37H2,1-8H3,(H,38,40)(H,42,43)/t21?,23-,25+,26-,29+,30-,32+,33+,34+,35-,36+/m0/s1. The minimum atomic E-state index is -0.747. The van der Waals surface area contributed by atoms with Crippen molar-refractivity contribution in [2.24, 2.45) is 62.4 Å². The van der Waals surface area contributed by atoms with E-state index >= 15 is 0 Å². The number of rotatable bonds is 8. The second-order valence-electron chi connectivity index (χ2n) is 16.6. The molecule has 0 radical (unpaired) electrons. The Morgan fingerprint density at radius 3 is 2.35 bits per heavy atom. The van der Waals surface area contributed by atoms with Crippen LogP contribution in [-0.4, -0.2) is 67.4 Å². The molecule has 258 valence electrons. The SMILES string of the molecule is CC(=O)O[C@@H]1C[C@]23COC[C@](C)([C@@H]2CC[C@H]2C3=CC[C@@]3(C)[C@H](C(=O)O)[C@@](C)(C(C)C(C)C)CC[C@]23C)[C@H]1OC(=O)CNC(=O)CN. The quantitative estimate of drug-likeness (QED) is 0.256. The Labute approximate surface area is 273 Å². The van der Waals surface area contributed by atoms with E-state index in [1.165, 1.54) is 12.5 Å². The summed E-state index contributed by atoms with van der Waals surface area (Å²) in [5, 5.41) is 13.4. The molecule has 46 heavy (non-hydrogen) atoms. The molecule has 4 N–H and O–H groups in total. The molecule has 1 amide bonds. The number of carboxylic acids is 1. The number of nitrogens with one attached hydrogen (secondary N) is 1. The molecular weight excluding hydrogens is 588 g/mol. The Morgan fingerprint density at radius 2 is 1.74 bits per heavy atom. The van der Waals surface area contributed by atoms with Crippen molar-refractivity contribution in [3.8, 4) is 0 Å². The van der Waals surface area contributed by atoms with Crippen LogP contribution in [0.1, 0.15) is 93.9 Å². The number of amides is 1. The molecule has 0 spiro atoms. The third-order valence-electron chi connectivity index (χ3n) is 14.3. The van der Waals surface area contributed by atoms with E-state index in [4.69, 9.17) is 19.9 Å². The number of carbonyl (C=O) groups is 4. The van der Waals surface area contributed by atoms with Gasteiger partial charge in [0.1, 0.15) is 18.8 Å². The van der Waals surface area contributed by atoms with Crippen molar-refractivity contribution in [3.63, 3.8) is 0 Å². The molecule has 10 heteroatoms. The highest BCUT2D eigenvalue weighted by molar-refractivity contribution is 5.83. The zero-order valence-corrected chi connectivity index (χ0v) is 29.1. The lowest BCUT2D eigenvalue weighted by atomic mass is 9.34. The van der Waals surface area contributed by atoms with E-state index in [1.54, 1.807) is 0 Å². The van der Waals surface area contributed by atoms with Gasteiger partial charge in [-0.3, -0.25) is 19.2 Å². The Morgan fingerprint density at radius 1 is 1.04 bits per heavy atom. The molecule has 0 aromatic rings. The summed E-state index contributed by atoms with van der Waals surface area (Å²) >= 11 is 0. The van der Waals surface area contributed by atoms with Gasteiger partial charge in [0.05, 0.1) is 25.7 Å². The predicted octanol–water partition coefficient (Wildman–Crippen LogP) is 4.49. The number of carboxylic acid groups (broad SMARTS) is 1. The molecule has 0 aromatic heterocycles. The van der Waals surface area contributed by atoms with Crippen LogP contribution in [0.2, 0.25) is 0 Å². The lowest BCUT2D eigenvalue weighted by molar-refractivity contribution is -0.262. The molecule has 4 aliphatic carbocycles. The van der Waals surface area contributed by atoms with Gasteiger partial charge >= 0.3 is 17.9 Å². The molecule has 1 unspecified atom stereocenters. The largest absolute Gasteiger partial charge is 0.481 e. The fourth-order valence-corrected chi connectivity index (χ4v) is 11.5. The van der Waals surface area contributed by atoms with Gasteiger partial charge in [-0.15, -0.1) is 0 Å². The molecule has 0 aromatic carbocycles. The van der Waals surface area contributed by atoms with Crippen LogP contribution >= 0.6 is 0 Å². The molecule has 1 aliphatic heterocycles. The number of ether oxygens (including phenoxy) is 3. The molecule has 5 aliphatic rings. The van der Waals surface area contributed by atoms with Crippen molar-refractivity contribution in [2.75, 3.05) is 26.3 Å². The maximum absolute atomic E-state index is 13.3. The number of carbonyl (C=O) groups excluding carboxylic acids is 3. The molecule has 11 atom stereocenters. The molecule has 5 rings (SSSR count). The molecule has 2 bridgehead atoms. The summed E-state index contributed by atoms with van der Waals surface area (Å²) in [6.45, 7) is 17.1. The molecular formula is C36H56N2O8. The van der Waals surface area contributed by atoms with Crippen molar-refractivity contribution >= 4 is 23.8 Å². The van der Waals surface area contributed by atoms with Gasteiger partial charge in [-0.25, -0.2) is 0 Å². The Hall–Kier alpha value is -2.46. The van der Waals surface area contributed by atoms with Crippen LogP contribution < -0.4 is 11.1 Å². The second-order valence-corrected chi connectivity index (χ2v) is 16.6. The molecule has 4 fully saturated rings. The summed E-state index contributed by atoms with van der Waals surface area (Å²) in [4.78, 5) is 50.5. The summed E-state index contributed by atoms with van der Waals surface area (Å²) < 4.78 is 18.4. The minimum absolute atomic E-state index is 0.109. The van der Waals surface area contributed by atoms with E-state index in [2.05, 4.69) is 59.9 Å². The average Bonchev–Trinajstić information content (AvgIpc) is 2.97. The first-order valence-electron chi connectivity index (χ1n) is 17.3. The van der Waals surface area contributed by atoms with Gasteiger partial charge in [0.25, 0.3) is 0 Å². The molecule has 1 heterocycles. The average molecular weight is 645 g/mol. The summed E-state index contributed by atoms with van der Waals surface area (Å²) in [5.74, 6) is -1.79. The van der Waals surface area contributed by atoms with E-state index in [9.17, 15) is 24.3 Å². The Kier molecular flexibility index (Phi) is 9.02.